The molecule has 2 aromatic carbocycles. The molecule has 0 saturated carbocycles. The molecule has 2 heterocycles. The molecule has 0 unspecified atom stereocenters. The fourth-order valence-electron chi connectivity index (χ4n) is 4.28. The summed E-state index contributed by atoms with van der Waals surface area (Å²) >= 11 is 0. The van der Waals surface area contributed by atoms with Crippen molar-refractivity contribution in [1.29, 1.82) is 0 Å². The third-order valence-corrected chi connectivity index (χ3v) is 5.91. The lowest BCUT2D eigenvalue weighted by molar-refractivity contribution is 0.0524. The number of rotatable bonds is 6. The third-order valence-electron chi connectivity index (χ3n) is 5.91. The van der Waals surface area contributed by atoms with Crippen molar-refractivity contribution in [3.8, 4) is 11.4 Å². The van der Waals surface area contributed by atoms with E-state index in [0.717, 1.165) is 31.3 Å². The second-order valence-electron chi connectivity index (χ2n) is 8.07. The monoisotopic (exact) mass is 456 g/mol. The number of piperidine rings is 1. The molecular weight excluding hydrogens is 430 g/mol. The van der Waals surface area contributed by atoms with Gasteiger partial charge in [-0.3, -0.25) is 9.69 Å². The Hall–Kier alpha value is -3.26. The van der Waals surface area contributed by atoms with Gasteiger partial charge in [0.2, 0.25) is 11.2 Å². The maximum absolute atomic E-state index is 14.6. The molecule has 0 aliphatic carbocycles. The Bertz CT molecular complexity index is 1230. The lowest BCUT2D eigenvalue weighted by Crippen LogP contribution is -2.29. The minimum atomic E-state index is -1.24. The summed E-state index contributed by atoms with van der Waals surface area (Å²) < 4.78 is 40.4. The fraction of sp³-hybridized carbons (Fsp3) is 0.360. The molecule has 3 aromatic rings. The molecule has 4 rings (SSSR count). The molecule has 0 radical (unpaired) electrons. The highest BCUT2D eigenvalue weighted by Crippen LogP contribution is 2.32. The number of carbonyl (C=O) groups excluding carboxylic acids is 1. The van der Waals surface area contributed by atoms with Crippen molar-refractivity contribution in [3.05, 3.63) is 69.5 Å². The van der Waals surface area contributed by atoms with Crippen molar-refractivity contribution in [1.82, 2.24) is 9.47 Å². The Kier molecular flexibility index (Phi) is 6.74. The highest BCUT2D eigenvalue weighted by Gasteiger charge is 2.24. The summed E-state index contributed by atoms with van der Waals surface area (Å²) in [5.41, 5.74) is 0.699. The number of halogens is 2. The smallest absolute Gasteiger partial charge is 0.343 e. The molecule has 1 aliphatic rings. The van der Waals surface area contributed by atoms with Gasteiger partial charge >= 0.3 is 5.97 Å². The van der Waals surface area contributed by atoms with Gasteiger partial charge < -0.3 is 14.0 Å². The van der Waals surface area contributed by atoms with Gasteiger partial charge in [-0.25, -0.2) is 9.18 Å². The number of carbonyl (C=O) groups is 1. The zero-order valence-corrected chi connectivity index (χ0v) is 18.7. The lowest BCUT2D eigenvalue weighted by Gasteiger charge is -2.26. The van der Waals surface area contributed by atoms with E-state index in [-0.39, 0.29) is 23.1 Å². The van der Waals surface area contributed by atoms with E-state index in [9.17, 15) is 18.4 Å². The van der Waals surface area contributed by atoms with Crippen LogP contribution < -0.4 is 10.2 Å². The number of esters is 1. The number of fused-ring (bicyclic) bond motifs is 1. The van der Waals surface area contributed by atoms with Crippen LogP contribution in [-0.4, -0.2) is 42.2 Å². The van der Waals surface area contributed by atoms with E-state index < -0.39 is 28.8 Å². The number of methoxy groups -OCH3 is 1. The van der Waals surface area contributed by atoms with Gasteiger partial charge in [0.1, 0.15) is 11.1 Å². The summed E-state index contributed by atoms with van der Waals surface area (Å²) in [6.45, 7) is 4.65. The van der Waals surface area contributed by atoms with E-state index in [1.807, 2.05) is 24.3 Å². The van der Waals surface area contributed by atoms with E-state index in [1.165, 1.54) is 37.1 Å². The zero-order valence-electron chi connectivity index (χ0n) is 18.7. The second-order valence-corrected chi connectivity index (χ2v) is 8.07. The van der Waals surface area contributed by atoms with Crippen molar-refractivity contribution < 1.29 is 23.0 Å². The first kappa shape index (κ1) is 22.9. The highest BCUT2D eigenvalue weighted by molar-refractivity contribution is 5.96. The van der Waals surface area contributed by atoms with E-state index in [2.05, 4.69) is 4.90 Å². The highest BCUT2D eigenvalue weighted by atomic mass is 19.2. The van der Waals surface area contributed by atoms with Crippen molar-refractivity contribution in [2.45, 2.75) is 32.7 Å². The van der Waals surface area contributed by atoms with Crippen molar-refractivity contribution >= 4 is 16.9 Å². The minimum absolute atomic E-state index is 0.0400. The van der Waals surface area contributed by atoms with Crippen LogP contribution in [0, 0.1) is 11.6 Å². The number of likely N-dealkylation sites (tertiary alicyclic amines) is 1. The van der Waals surface area contributed by atoms with Crippen LogP contribution in [0.3, 0.4) is 0 Å². The molecule has 6 nitrogen and oxygen atoms in total. The summed E-state index contributed by atoms with van der Waals surface area (Å²) in [7, 11) is 1.20. The molecule has 33 heavy (non-hydrogen) atoms. The Labute approximate surface area is 190 Å². The lowest BCUT2D eigenvalue weighted by atomic mass is 10.1. The maximum Gasteiger partial charge on any atom is 0.343 e. The van der Waals surface area contributed by atoms with Gasteiger partial charge in [-0.2, -0.15) is 4.39 Å². The first-order chi connectivity index (χ1) is 15.9. The predicted octanol–water partition coefficient (Wildman–Crippen LogP) is 4.44. The van der Waals surface area contributed by atoms with Gasteiger partial charge in [-0.15, -0.1) is 0 Å². The summed E-state index contributed by atoms with van der Waals surface area (Å²) in [4.78, 5) is 27.8. The average Bonchev–Trinajstić information content (AvgIpc) is 2.82. The van der Waals surface area contributed by atoms with E-state index in [0.29, 0.717) is 5.69 Å². The number of benzene rings is 2. The minimum Gasteiger partial charge on any atom is -0.491 e. The Morgan fingerprint density at radius 2 is 1.79 bits per heavy atom. The zero-order chi connectivity index (χ0) is 23.5. The van der Waals surface area contributed by atoms with Crippen LogP contribution in [0.4, 0.5) is 8.78 Å². The molecule has 174 valence electrons. The number of hydrogen-bond acceptors (Lipinski definition) is 5. The summed E-state index contributed by atoms with van der Waals surface area (Å²) in [6, 6.07) is 8.33. The van der Waals surface area contributed by atoms with Crippen LogP contribution in [0.15, 0.2) is 41.3 Å². The average molecular weight is 456 g/mol. The molecule has 0 spiro atoms. The summed E-state index contributed by atoms with van der Waals surface area (Å²) in [5.74, 6) is -3.68. The Morgan fingerprint density at radius 1 is 1.09 bits per heavy atom. The molecule has 0 bridgehead atoms. The molecule has 1 saturated heterocycles. The van der Waals surface area contributed by atoms with Crippen LogP contribution in [0.2, 0.25) is 0 Å². The van der Waals surface area contributed by atoms with Gasteiger partial charge in [0.05, 0.1) is 19.1 Å². The third kappa shape index (κ3) is 4.48. The van der Waals surface area contributed by atoms with Crippen LogP contribution in [0.1, 0.15) is 42.1 Å². The van der Waals surface area contributed by atoms with Gasteiger partial charge in [-0.1, -0.05) is 18.6 Å². The molecule has 0 N–H and O–H groups in total. The van der Waals surface area contributed by atoms with E-state index in [1.54, 1.807) is 6.92 Å². The summed E-state index contributed by atoms with van der Waals surface area (Å²) in [6.07, 6.45) is 4.94. The molecule has 0 atom stereocenters. The molecule has 1 fully saturated rings. The van der Waals surface area contributed by atoms with Crippen LogP contribution in [0.5, 0.6) is 5.75 Å². The normalized spacial score (nSPS) is 14.4. The van der Waals surface area contributed by atoms with Crippen molar-refractivity contribution in [3.63, 3.8) is 0 Å². The SMILES string of the molecule is CCOC(=O)c1cn(-c2ccc(CN3CCCCC3)cc2)c2c(OC)c(F)c(F)cc2c1=O. The number of pyridine rings is 1. The fourth-order valence-corrected chi connectivity index (χ4v) is 4.28. The van der Waals surface area contributed by atoms with Crippen molar-refractivity contribution in [2.24, 2.45) is 0 Å². The predicted molar refractivity (Wildman–Crippen MR) is 121 cm³/mol. The molecular formula is C25H26F2N2O4. The number of hydrogen-bond donors (Lipinski definition) is 0. The van der Waals surface area contributed by atoms with Crippen LogP contribution >= 0.6 is 0 Å². The van der Waals surface area contributed by atoms with Crippen LogP contribution in [0.25, 0.3) is 16.6 Å². The molecule has 1 aromatic heterocycles. The first-order valence-corrected chi connectivity index (χ1v) is 11.0. The van der Waals surface area contributed by atoms with Gasteiger partial charge in [0.15, 0.2) is 11.6 Å². The van der Waals surface area contributed by atoms with E-state index >= 15 is 0 Å². The number of aromatic nitrogens is 1. The summed E-state index contributed by atoms with van der Waals surface area (Å²) in [5, 5.41) is -0.173. The Balaban J connectivity index is 1.86. The van der Waals surface area contributed by atoms with Crippen molar-refractivity contribution in [2.75, 3.05) is 26.8 Å². The van der Waals surface area contributed by atoms with Crippen LogP contribution in [-0.2, 0) is 11.3 Å². The topological polar surface area (TPSA) is 60.8 Å². The molecule has 0 amide bonds. The van der Waals surface area contributed by atoms with Gasteiger partial charge in [0, 0.05) is 18.4 Å². The molecule has 1 aliphatic heterocycles. The Morgan fingerprint density at radius 3 is 2.42 bits per heavy atom. The quantitative estimate of drug-likeness (QED) is 0.514. The first-order valence-electron chi connectivity index (χ1n) is 11.0. The molecule has 8 heteroatoms. The second kappa shape index (κ2) is 9.70. The largest absolute Gasteiger partial charge is 0.491 e. The number of ether oxygens (including phenoxy) is 2. The standard InChI is InChI=1S/C25H26F2N2O4/c1-3-33-25(31)19-15-29(22-18(23(19)30)13-20(26)21(27)24(22)32-2)17-9-7-16(8-10-17)14-28-11-5-4-6-12-28/h7-10,13,15H,3-6,11-12,14H2,1-2H3. The van der Waals surface area contributed by atoms with Gasteiger partial charge in [-0.05, 0) is 56.6 Å². The van der Waals surface area contributed by atoms with Gasteiger partial charge in [0.25, 0.3) is 0 Å². The maximum atomic E-state index is 14.6. The van der Waals surface area contributed by atoms with E-state index in [4.69, 9.17) is 9.47 Å². The number of nitrogens with zero attached hydrogens (tertiary/aromatic N) is 2.